The Hall–Kier alpha value is -3.68. The van der Waals surface area contributed by atoms with Crippen LogP contribution in [0.4, 0.5) is 5.69 Å². The molecule has 0 heterocycles. The normalized spacial score (nSPS) is 10.3. The molecule has 0 aliphatic rings. The average molecular weight is 368 g/mol. The predicted molar refractivity (Wildman–Crippen MR) is 102 cm³/mol. The molecule has 0 atom stereocenters. The Kier molecular flexibility index (Phi) is 7.07. The number of hydrogen-bond donors (Lipinski definition) is 3. The molecule has 0 aliphatic heterocycles. The van der Waals surface area contributed by atoms with Crippen molar-refractivity contribution in [3.63, 3.8) is 0 Å². The molecular formula is C19H20N4O4. The smallest absolute Gasteiger partial charge is 0.329 e. The molecule has 140 valence electrons. The van der Waals surface area contributed by atoms with Crippen molar-refractivity contribution < 1.29 is 19.1 Å². The van der Waals surface area contributed by atoms with E-state index < -0.39 is 11.8 Å². The van der Waals surface area contributed by atoms with Gasteiger partial charge in [-0.05, 0) is 36.8 Å². The molecule has 27 heavy (non-hydrogen) atoms. The monoisotopic (exact) mass is 368 g/mol. The Balaban J connectivity index is 1.85. The van der Waals surface area contributed by atoms with Crippen LogP contribution in [-0.2, 0) is 14.4 Å². The lowest BCUT2D eigenvalue weighted by Crippen LogP contribution is -2.35. The maximum absolute atomic E-state index is 11.9. The van der Waals surface area contributed by atoms with Crippen LogP contribution in [0.15, 0.2) is 53.6 Å². The highest BCUT2D eigenvalue weighted by Crippen LogP contribution is 2.13. The van der Waals surface area contributed by atoms with Gasteiger partial charge in [0.05, 0.1) is 6.21 Å². The molecule has 0 spiro atoms. The highest BCUT2D eigenvalue weighted by Gasteiger charge is 2.09. The summed E-state index contributed by atoms with van der Waals surface area (Å²) in [6.45, 7) is 1.82. The molecule has 2 aromatic rings. The highest BCUT2D eigenvalue weighted by molar-refractivity contribution is 6.34. The van der Waals surface area contributed by atoms with Gasteiger partial charge >= 0.3 is 11.8 Å². The van der Waals surface area contributed by atoms with Gasteiger partial charge in [-0.3, -0.25) is 14.4 Å². The molecule has 2 aromatic carbocycles. The predicted octanol–water partition coefficient (Wildman–Crippen LogP) is 1.21. The maximum Gasteiger partial charge on any atom is 0.329 e. The van der Waals surface area contributed by atoms with E-state index in [0.717, 1.165) is 5.56 Å². The third-order valence-corrected chi connectivity index (χ3v) is 3.38. The number of hydrogen-bond acceptors (Lipinski definition) is 5. The first kappa shape index (κ1) is 19.6. The minimum atomic E-state index is -0.867. The van der Waals surface area contributed by atoms with Gasteiger partial charge in [0.2, 0.25) is 0 Å². The molecule has 0 aromatic heterocycles. The summed E-state index contributed by atoms with van der Waals surface area (Å²) in [5.74, 6) is -1.47. The lowest BCUT2D eigenvalue weighted by Gasteiger charge is -2.08. The number of carbonyl (C=O) groups is 3. The van der Waals surface area contributed by atoms with E-state index in [1.54, 1.807) is 24.3 Å². The zero-order valence-electron chi connectivity index (χ0n) is 15.0. The Morgan fingerprint density at radius 1 is 1.07 bits per heavy atom. The van der Waals surface area contributed by atoms with Crippen molar-refractivity contribution in [3.05, 3.63) is 59.7 Å². The van der Waals surface area contributed by atoms with Crippen LogP contribution in [0.5, 0.6) is 5.75 Å². The number of likely N-dealkylation sites (N-methyl/N-ethyl adjacent to an activating group) is 1. The molecule has 0 radical (unpaired) electrons. The Labute approximate surface area is 156 Å². The van der Waals surface area contributed by atoms with Gasteiger partial charge in [-0.2, -0.15) is 5.10 Å². The molecule has 0 aliphatic carbocycles. The molecular weight excluding hydrogens is 348 g/mol. The van der Waals surface area contributed by atoms with Crippen LogP contribution in [0, 0.1) is 6.92 Å². The zero-order valence-corrected chi connectivity index (χ0v) is 15.0. The van der Waals surface area contributed by atoms with Crippen molar-refractivity contribution in [3.8, 4) is 5.75 Å². The van der Waals surface area contributed by atoms with E-state index in [-0.39, 0.29) is 12.5 Å². The Morgan fingerprint density at radius 2 is 1.81 bits per heavy atom. The van der Waals surface area contributed by atoms with Gasteiger partial charge < -0.3 is 15.4 Å². The van der Waals surface area contributed by atoms with Crippen LogP contribution in [0.2, 0.25) is 0 Å². The van der Waals surface area contributed by atoms with Crippen LogP contribution < -0.4 is 20.8 Å². The highest BCUT2D eigenvalue weighted by atomic mass is 16.5. The molecule has 8 nitrogen and oxygen atoms in total. The number of rotatable bonds is 6. The van der Waals surface area contributed by atoms with Gasteiger partial charge in [0.1, 0.15) is 5.75 Å². The Bertz CT molecular complexity index is 847. The molecule has 0 fully saturated rings. The van der Waals surface area contributed by atoms with Crippen molar-refractivity contribution in [2.75, 3.05) is 19.0 Å². The van der Waals surface area contributed by atoms with E-state index in [2.05, 4.69) is 21.2 Å². The first-order valence-electron chi connectivity index (χ1n) is 8.12. The zero-order chi connectivity index (χ0) is 19.6. The summed E-state index contributed by atoms with van der Waals surface area (Å²) in [6.07, 6.45) is 1.36. The van der Waals surface area contributed by atoms with E-state index in [0.29, 0.717) is 17.0 Å². The van der Waals surface area contributed by atoms with Crippen LogP contribution in [0.3, 0.4) is 0 Å². The fourth-order valence-corrected chi connectivity index (χ4v) is 2.00. The Morgan fingerprint density at radius 3 is 2.52 bits per heavy atom. The van der Waals surface area contributed by atoms with Crippen LogP contribution >= 0.6 is 0 Å². The van der Waals surface area contributed by atoms with E-state index in [4.69, 9.17) is 4.74 Å². The van der Waals surface area contributed by atoms with Crippen LogP contribution in [0.1, 0.15) is 11.1 Å². The molecule has 0 saturated carbocycles. The third-order valence-electron chi connectivity index (χ3n) is 3.38. The summed E-state index contributed by atoms with van der Waals surface area (Å²) in [4.78, 5) is 34.3. The number of nitrogens with one attached hydrogen (secondary N) is 3. The summed E-state index contributed by atoms with van der Waals surface area (Å²) in [6, 6.07) is 14.2. The summed E-state index contributed by atoms with van der Waals surface area (Å²) < 4.78 is 5.46. The number of amides is 3. The number of nitrogens with zero attached hydrogens (tertiary/aromatic N) is 1. The van der Waals surface area contributed by atoms with Gasteiger partial charge in [-0.15, -0.1) is 0 Å². The summed E-state index contributed by atoms with van der Waals surface area (Å²) in [7, 11) is 1.35. The van der Waals surface area contributed by atoms with Crippen LogP contribution in [0.25, 0.3) is 0 Å². The summed E-state index contributed by atoms with van der Waals surface area (Å²) >= 11 is 0. The van der Waals surface area contributed by atoms with E-state index >= 15 is 0 Å². The lowest BCUT2D eigenvalue weighted by molar-refractivity contribution is -0.138. The molecule has 8 heteroatoms. The minimum Gasteiger partial charge on any atom is -0.484 e. The molecule has 3 N–H and O–H groups in total. The van der Waals surface area contributed by atoms with E-state index in [1.807, 2.05) is 31.2 Å². The second-order valence-electron chi connectivity index (χ2n) is 5.55. The van der Waals surface area contributed by atoms with Crippen molar-refractivity contribution in [2.24, 2.45) is 5.10 Å². The van der Waals surface area contributed by atoms with Crippen molar-refractivity contribution in [2.45, 2.75) is 6.92 Å². The fourth-order valence-electron chi connectivity index (χ4n) is 2.00. The minimum absolute atomic E-state index is 0.151. The largest absolute Gasteiger partial charge is 0.484 e. The van der Waals surface area contributed by atoms with Gasteiger partial charge in [0.15, 0.2) is 6.61 Å². The molecule has 0 saturated heterocycles. The third kappa shape index (κ3) is 6.62. The SMILES string of the molecule is CNC(=O)C(=O)N/N=C\c1cccc(OCC(=O)Nc2ccc(C)cc2)c1. The quantitative estimate of drug-likeness (QED) is 0.404. The number of ether oxygens (including phenoxy) is 1. The van der Waals surface area contributed by atoms with Gasteiger partial charge in [-0.25, -0.2) is 5.43 Å². The summed E-state index contributed by atoms with van der Waals surface area (Å²) in [5, 5.41) is 8.62. The number of carbonyl (C=O) groups excluding carboxylic acids is 3. The number of anilines is 1. The molecule has 3 amide bonds. The number of benzene rings is 2. The topological polar surface area (TPSA) is 109 Å². The molecule has 0 unspecified atom stereocenters. The number of aryl methyl sites for hydroxylation is 1. The van der Waals surface area contributed by atoms with Gasteiger partial charge in [-0.1, -0.05) is 29.8 Å². The summed E-state index contributed by atoms with van der Waals surface area (Å²) in [5.41, 5.74) is 4.53. The standard InChI is InChI=1S/C19H20N4O4/c1-13-6-8-15(9-7-13)22-17(24)12-27-16-5-3-4-14(10-16)11-21-23-19(26)18(25)20-2/h3-11H,12H2,1-2H3,(H,20,25)(H,22,24)(H,23,26)/b21-11-. The van der Waals surface area contributed by atoms with Crippen molar-refractivity contribution in [1.29, 1.82) is 0 Å². The average Bonchev–Trinajstić information content (AvgIpc) is 2.68. The molecule has 0 bridgehead atoms. The van der Waals surface area contributed by atoms with Crippen LogP contribution in [-0.4, -0.2) is 37.6 Å². The maximum atomic E-state index is 11.9. The van der Waals surface area contributed by atoms with Crippen molar-refractivity contribution in [1.82, 2.24) is 10.7 Å². The number of hydrazone groups is 1. The van der Waals surface area contributed by atoms with Gasteiger partial charge in [0.25, 0.3) is 5.91 Å². The first-order valence-corrected chi connectivity index (χ1v) is 8.12. The second kappa shape index (κ2) is 9.71. The first-order chi connectivity index (χ1) is 13.0. The molecule has 2 rings (SSSR count). The lowest BCUT2D eigenvalue weighted by atomic mass is 10.2. The van der Waals surface area contributed by atoms with E-state index in [9.17, 15) is 14.4 Å². The van der Waals surface area contributed by atoms with Gasteiger partial charge in [0, 0.05) is 12.7 Å². The fraction of sp³-hybridized carbons (Fsp3) is 0.158. The van der Waals surface area contributed by atoms with E-state index in [1.165, 1.54) is 13.3 Å². The van der Waals surface area contributed by atoms with Crippen molar-refractivity contribution >= 4 is 29.6 Å². The second-order valence-corrected chi connectivity index (χ2v) is 5.55.